The highest BCUT2D eigenvalue weighted by Gasteiger charge is 2.32. The number of amides is 1. The van der Waals surface area contributed by atoms with Crippen LogP contribution in [0.25, 0.3) is 6.08 Å². The molecule has 7 heteroatoms. The predicted octanol–water partition coefficient (Wildman–Crippen LogP) is 3.99. The average molecular weight is 428 g/mol. The molecule has 0 aliphatic carbocycles. The number of aliphatic carboxylic acids is 1. The van der Waals surface area contributed by atoms with Crippen molar-refractivity contribution in [2.45, 2.75) is 0 Å². The molecule has 0 saturated carbocycles. The van der Waals surface area contributed by atoms with Crippen molar-refractivity contribution >= 4 is 29.4 Å². The molecule has 32 heavy (non-hydrogen) atoms. The van der Waals surface area contributed by atoms with Gasteiger partial charge < -0.3 is 14.6 Å². The predicted molar refractivity (Wildman–Crippen MR) is 121 cm³/mol. The molecule has 0 unspecified atom stereocenters. The second-order valence-corrected chi connectivity index (χ2v) is 6.91. The van der Waals surface area contributed by atoms with Crippen LogP contribution in [0.5, 0.6) is 11.5 Å². The highest BCUT2D eigenvalue weighted by molar-refractivity contribution is 6.37. The van der Waals surface area contributed by atoms with Crippen molar-refractivity contribution in [2.24, 2.45) is 5.10 Å². The van der Waals surface area contributed by atoms with E-state index in [0.717, 1.165) is 5.56 Å². The molecule has 1 aliphatic heterocycles. The van der Waals surface area contributed by atoms with Gasteiger partial charge in [-0.15, -0.1) is 0 Å². The molecule has 0 bridgehead atoms. The number of anilines is 1. The summed E-state index contributed by atoms with van der Waals surface area (Å²) in [6.07, 6.45) is 1.68. The number of carboxylic acid groups (broad SMARTS) is 1. The lowest BCUT2D eigenvalue weighted by Gasteiger charge is -2.12. The van der Waals surface area contributed by atoms with Gasteiger partial charge in [-0.2, -0.15) is 10.1 Å². The molecule has 7 nitrogen and oxygen atoms in total. The number of hydrogen-bond donors (Lipinski definition) is 1. The number of carbonyl (C=O) groups excluding carboxylic acids is 1. The number of carboxylic acids is 1. The smallest absolute Gasteiger partial charge is 0.341 e. The van der Waals surface area contributed by atoms with Crippen LogP contribution in [0.2, 0.25) is 0 Å². The fraction of sp³-hybridized carbons (Fsp3) is 0.0800. The maximum Gasteiger partial charge on any atom is 0.341 e. The topological polar surface area (TPSA) is 88.4 Å². The SMILES string of the molecule is COc1ccc(N2N=C(c3ccccc3)/C(=C/c3ccccc3OCC(=O)O)C2=O)cc1. The van der Waals surface area contributed by atoms with E-state index < -0.39 is 12.6 Å². The van der Waals surface area contributed by atoms with E-state index in [1.165, 1.54) is 5.01 Å². The Morgan fingerprint density at radius 3 is 2.38 bits per heavy atom. The van der Waals surface area contributed by atoms with Crippen LogP contribution in [0.15, 0.2) is 89.5 Å². The van der Waals surface area contributed by atoms with Gasteiger partial charge in [-0.05, 0) is 36.4 Å². The molecule has 1 aliphatic rings. The summed E-state index contributed by atoms with van der Waals surface area (Å²) in [4.78, 5) is 24.3. The Labute approximate surface area is 184 Å². The molecule has 0 aromatic heterocycles. The first kappa shape index (κ1) is 20.9. The molecular formula is C25H20N2O5. The van der Waals surface area contributed by atoms with E-state index in [-0.39, 0.29) is 5.91 Å². The maximum atomic E-state index is 13.4. The molecule has 1 amide bonds. The van der Waals surface area contributed by atoms with Gasteiger partial charge in [-0.3, -0.25) is 4.79 Å². The summed E-state index contributed by atoms with van der Waals surface area (Å²) in [6.45, 7) is -0.480. The van der Waals surface area contributed by atoms with Crippen LogP contribution in [0, 0.1) is 0 Å². The standard InChI is InChI=1S/C25H20N2O5/c1-31-20-13-11-19(12-14-20)27-25(30)21(24(26-27)17-7-3-2-4-8-17)15-18-9-5-6-10-22(18)32-16-23(28)29/h2-15H,16H2,1H3,(H,28,29)/b21-15-. The highest BCUT2D eigenvalue weighted by atomic mass is 16.5. The van der Waals surface area contributed by atoms with Crippen molar-refractivity contribution in [3.8, 4) is 11.5 Å². The molecular weight excluding hydrogens is 408 g/mol. The third-order valence-corrected chi connectivity index (χ3v) is 4.81. The number of hydrazone groups is 1. The molecule has 0 fully saturated rings. The second kappa shape index (κ2) is 9.18. The van der Waals surface area contributed by atoms with Crippen LogP contribution in [0.4, 0.5) is 5.69 Å². The number of carbonyl (C=O) groups is 2. The molecule has 3 aromatic carbocycles. The number of nitrogens with zero attached hydrogens (tertiary/aromatic N) is 2. The maximum absolute atomic E-state index is 13.4. The zero-order chi connectivity index (χ0) is 22.5. The summed E-state index contributed by atoms with van der Waals surface area (Å²) in [5.74, 6) is -0.345. The Bertz CT molecular complexity index is 1200. The van der Waals surface area contributed by atoms with Gasteiger partial charge in [0.2, 0.25) is 0 Å². The summed E-state index contributed by atoms with van der Waals surface area (Å²) in [5.41, 5.74) is 2.85. The van der Waals surface area contributed by atoms with E-state index in [4.69, 9.17) is 14.6 Å². The van der Waals surface area contributed by atoms with Crippen molar-refractivity contribution in [2.75, 3.05) is 18.7 Å². The molecule has 160 valence electrons. The number of rotatable bonds is 7. The largest absolute Gasteiger partial charge is 0.497 e. The molecule has 4 rings (SSSR count). The zero-order valence-electron chi connectivity index (χ0n) is 17.3. The Hall–Kier alpha value is -4.39. The second-order valence-electron chi connectivity index (χ2n) is 6.91. The van der Waals surface area contributed by atoms with Crippen LogP contribution >= 0.6 is 0 Å². The molecule has 1 N–H and O–H groups in total. The molecule has 0 atom stereocenters. The number of para-hydroxylation sites is 1. The fourth-order valence-electron chi connectivity index (χ4n) is 3.28. The minimum Gasteiger partial charge on any atom is -0.497 e. The summed E-state index contributed by atoms with van der Waals surface area (Å²) in [5, 5.41) is 14.9. The Morgan fingerprint density at radius 1 is 1.00 bits per heavy atom. The first-order chi connectivity index (χ1) is 15.6. The monoisotopic (exact) mass is 428 g/mol. The Balaban J connectivity index is 1.77. The summed E-state index contributed by atoms with van der Waals surface area (Å²) >= 11 is 0. The van der Waals surface area contributed by atoms with E-state index >= 15 is 0 Å². The van der Waals surface area contributed by atoms with Crippen LogP contribution in [0.1, 0.15) is 11.1 Å². The lowest BCUT2D eigenvalue weighted by atomic mass is 10.00. The Morgan fingerprint density at radius 2 is 1.69 bits per heavy atom. The number of ether oxygens (including phenoxy) is 2. The van der Waals surface area contributed by atoms with Gasteiger partial charge in [0.15, 0.2) is 6.61 Å². The average Bonchev–Trinajstić information content (AvgIpc) is 3.15. The van der Waals surface area contributed by atoms with Gasteiger partial charge in [-0.1, -0.05) is 48.5 Å². The first-order valence-electron chi connectivity index (χ1n) is 9.85. The quantitative estimate of drug-likeness (QED) is 0.575. The highest BCUT2D eigenvalue weighted by Crippen LogP contribution is 2.30. The summed E-state index contributed by atoms with van der Waals surface area (Å²) < 4.78 is 10.6. The third-order valence-electron chi connectivity index (χ3n) is 4.81. The van der Waals surface area contributed by atoms with Crippen molar-refractivity contribution in [1.82, 2.24) is 0 Å². The normalized spacial score (nSPS) is 14.4. The van der Waals surface area contributed by atoms with Gasteiger partial charge >= 0.3 is 5.97 Å². The van der Waals surface area contributed by atoms with Gasteiger partial charge in [0.25, 0.3) is 5.91 Å². The Kier molecular flexibility index (Phi) is 5.98. The van der Waals surface area contributed by atoms with Crippen molar-refractivity contribution in [3.05, 3.63) is 95.6 Å². The number of benzene rings is 3. The van der Waals surface area contributed by atoms with Gasteiger partial charge in [-0.25, -0.2) is 4.79 Å². The van der Waals surface area contributed by atoms with E-state index in [9.17, 15) is 9.59 Å². The van der Waals surface area contributed by atoms with Crippen molar-refractivity contribution in [3.63, 3.8) is 0 Å². The van der Waals surface area contributed by atoms with Gasteiger partial charge in [0, 0.05) is 11.1 Å². The third kappa shape index (κ3) is 4.37. The fourth-order valence-corrected chi connectivity index (χ4v) is 3.28. The summed E-state index contributed by atoms with van der Waals surface area (Å²) in [7, 11) is 1.58. The van der Waals surface area contributed by atoms with Crippen molar-refractivity contribution in [1.29, 1.82) is 0 Å². The number of hydrogen-bond acceptors (Lipinski definition) is 5. The van der Waals surface area contributed by atoms with Crippen LogP contribution in [-0.4, -0.2) is 36.4 Å². The molecule has 0 spiro atoms. The number of methoxy groups -OCH3 is 1. The van der Waals surface area contributed by atoms with Crippen molar-refractivity contribution < 1.29 is 24.2 Å². The van der Waals surface area contributed by atoms with Crippen LogP contribution in [-0.2, 0) is 9.59 Å². The van der Waals surface area contributed by atoms with E-state index in [1.54, 1.807) is 61.7 Å². The van der Waals surface area contributed by atoms with Gasteiger partial charge in [0.05, 0.1) is 18.4 Å². The van der Waals surface area contributed by atoms with Gasteiger partial charge in [0.1, 0.15) is 17.2 Å². The molecule has 0 saturated heterocycles. The molecule has 1 heterocycles. The van der Waals surface area contributed by atoms with E-state index in [1.807, 2.05) is 30.3 Å². The first-order valence-corrected chi connectivity index (χ1v) is 9.85. The van der Waals surface area contributed by atoms with E-state index in [2.05, 4.69) is 5.10 Å². The van der Waals surface area contributed by atoms with Crippen LogP contribution in [0.3, 0.4) is 0 Å². The van der Waals surface area contributed by atoms with E-state index in [0.29, 0.717) is 34.0 Å². The minimum absolute atomic E-state index is 0.304. The summed E-state index contributed by atoms with van der Waals surface area (Å²) in [6, 6.07) is 23.4. The molecule has 0 radical (unpaired) electrons. The molecule has 3 aromatic rings. The minimum atomic E-state index is -1.08. The van der Waals surface area contributed by atoms with Crippen LogP contribution < -0.4 is 14.5 Å². The lowest BCUT2D eigenvalue weighted by Crippen LogP contribution is -2.21. The zero-order valence-corrected chi connectivity index (χ0v) is 17.3. The lowest BCUT2D eigenvalue weighted by molar-refractivity contribution is -0.139.